The number of benzene rings is 1. The summed E-state index contributed by atoms with van der Waals surface area (Å²) < 4.78 is 5.70. The molecule has 2 unspecified atom stereocenters. The van der Waals surface area contributed by atoms with Crippen molar-refractivity contribution in [2.75, 3.05) is 20.2 Å². The Bertz CT molecular complexity index is 497. The van der Waals surface area contributed by atoms with Crippen LogP contribution in [0.4, 0.5) is 4.79 Å². The highest BCUT2D eigenvalue weighted by molar-refractivity contribution is 5.74. The van der Waals surface area contributed by atoms with Gasteiger partial charge in [0.05, 0.1) is 12.1 Å². The summed E-state index contributed by atoms with van der Waals surface area (Å²) in [6, 6.07) is 8.55. The Morgan fingerprint density at radius 1 is 1.33 bits per heavy atom. The van der Waals surface area contributed by atoms with Gasteiger partial charge in [-0.25, -0.2) is 4.79 Å². The van der Waals surface area contributed by atoms with Crippen LogP contribution in [0.3, 0.4) is 0 Å². The second kappa shape index (κ2) is 6.48. The van der Waals surface area contributed by atoms with E-state index in [1.165, 1.54) is 17.5 Å². The molecule has 0 aromatic heterocycles. The van der Waals surface area contributed by atoms with E-state index in [9.17, 15) is 4.79 Å². The summed E-state index contributed by atoms with van der Waals surface area (Å²) >= 11 is 0. The number of hydrogen-bond acceptors (Lipinski definition) is 2. The summed E-state index contributed by atoms with van der Waals surface area (Å²) in [5.41, 5.74) is 2.63. The van der Waals surface area contributed by atoms with Gasteiger partial charge < -0.3 is 15.0 Å². The van der Waals surface area contributed by atoms with Gasteiger partial charge >= 0.3 is 6.03 Å². The topological polar surface area (TPSA) is 41.6 Å². The highest BCUT2D eigenvalue weighted by Gasteiger charge is 2.25. The number of amides is 2. The average Bonchev–Trinajstić information content (AvgIpc) is 2.91. The van der Waals surface area contributed by atoms with Gasteiger partial charge in [0, 0.05) is 20.2 Å². The molecule has 0 bridgehead atoms. The van der Waals surface area contributed by atoms with E-state index in [0.29, 0.717) is 6.54 Å². The van der Waals surface area contributed by atoms with E-state index in [0.717, 1.165) is 32.3 Å². The van der Waals surface area contributed by atoms with Crippen molar-refractivity contribution >= 4 is 6.03 Å². The molecule has 4 heteroatoms. The van der Waals surface area contributed by atoms with E-state index < -0.39 is 0 Å². The van der Waals surface area contributed by atoms with Gasteiger partial charge in [-0.15, -0.1) is 0 Å². The van der Waals surface area contributed by atoms with Gasteiger partial charge in [-0.3, -0.25) is 0 Å². The molecule has 2 amide bonds. The van der Waals surface area contributed by atoms with Crippen LogP contribution in [0.15, 0.2) is 24.3 Å². The summed E-state index contributed by atoms with van der Waals surface area (Å²) in [6.45, 7) is 1.51. The Morgan fingerprint density at radius 2 is 2.19 bits per heavy atom. The number of likely N-dealkylation sites (N-methyl/N-ethyl adjacent to an activating group) is 1. The van der Waals surface area contributed by atoms with Crippen molar-refractivity contribution < 1.29 is 9.53 Å². The minimum Gasteiger partial charge on any atom is -0.376 e. The standard InChI is InChI=1S/C17H24N2O2/c1-19(12-14-7-4-5-11-21-14)17(20)18-16-10-9-13-6-2-3-8-15(13)16/h2-3,6,8,14,16H,4-5,7,9-12H2,1H3,(H,18,20). The number of urea groups is 1. The number of hydrogen-bond donors (Lipinski definition) is 1. The number of carbonyl (C=O) groups excluding carboxylic acids is 1. The number of rotatable bonds is 3. The first-order chi connectivity index (χ1) is 10.2. The number of ether oxygens (including phenoxy) is 1. The van der Waals surface area contributed by atoms with Crippen LogP contribution < -0.4 is 5.32 Å². The van der Waals surface area contributed by atoms with Crippen LogP contribution in [0.25, 0.3) is 0 Å². The van der Waals surface area contributed by atoms with Crippen molar-refractivity contribution in [3.8, 4) is 0 Å². The Balaban J connectivity index is 1.54. The summed E-state index contributed by atoms with van der Waals surface area (Å²) in [6.07, 6.45) is 5.66. The van der Waals surface area contributed by atoms with E-state index in [1.807, 2.05) is 13.1 Å². The SMILES string of the molecule is CN(CC1CCCCO1)C(=O)NC1CCc2ccccc21. The van der Waals surface area contributed by atoms with E-state index in [4.69, 9.17) is 4.74 Å². The lowest BCUT2D eigenvalue weighted by atomic mass is 10.1. The molecule has 1 aliphatic carbocycles. The number of aryl methyl sites for hydroxylation is 1. The molecule has 0 spiro atoms. The maximum absolute atomic E-state index is 12.3. The third kappa shape index (κ3) is 3.38. The quantitative estimate of drug-likeness (QED) is 0.929. The van der Waals surface area contributed by atoms with Gasteiger partial charge in [-0.1, -0.05) is 24.3 Å². The second-order valence-electron chi connectivity index (χ2n) is 6.11. The molecular formula is C17H24N2O2. The first kappa shape index (κ1) is 14.4. The van der Waals surface area contributed by atoms with Crippen molar-refractivity contribution in [2.24, 2.45) is 0 Å². The fourth-order valence-corrected chi connectivity index (χ4v) is 3.31. The summed E-state index contributed by atoms with van der Waals surface area (Å²) in [5.74, 6) is 0. The molecule has 21 heavy (non-hydrogen) atoms. The Hall–Kier alpha value is -1.55. The van der Waals surface area contributed by atoms with Crippen LogP contribution in [-0.4, -0.2) is 37.2 Å². The van der Waals surface area contributed by atoms with Crippen molar-refractivity contribution in [1.82, 2.24) is 10.2 Å². The van der Waals surface area contributed by atoms with Gasteiger partial charge in [-0.05, 0) is 43.2 Å². The van der Waals surface area contributed by atoms with Crippen molar-refractivity contribution in [3.05, 3.63) is 35.4 Å². The molecule has 1 aliphatic heterocycles. The highest BCUT2D eigenvalue weighted by Crippen LogP contribution is 2.30. The monoisotopic (exact) mass is 288 g/mol. The van der Waals surface area contributed by atoms with E-state index in [1.54, 1.807) is 4.90 Å². The predicted octanol–water partition coefficient (Wildman–Crippen LogP) is 2.88. The zero-order valence-corrected chi connectivity index (χ0v) is 12.7. The molecule has 1 saturated heterocycles. The van der Waals surface area contributed by atoms with Crippen molar-refractivity contribution in [1.29, 1.82) is 0 Å². The van der Waals surface area contributed by atoms with Crippen LogP contribution in [0, 0.1) is 0 Å². The largest absolute Gasteiger partial charge is 0.376 e. The third-order valence-electron chi connectivity index (χ3n) is 4.53. The molecule has 1 aromatic carbocycles. The lowest BCUT2D eigenvalue weighted by Crippen LogP contribution is -2.43. The van der Waals surface area contributed by atoms with E-state index >= 15 is 0 Å². The molecule has 1 heterocycles. The molecule has 2 aliphatic rings. The van der Waals surface area contributed by atoms with Gasteiger partial charge in [0.25, 0.3) is 0 Å². The van der Waals surface area contributed by atoms with Gasteiger partial charge in [0.15, 0.2) is 0 Å². The van der Waals surface area contributed by atoms with Gasteiger partial charge in [0.1, 0.15) is 0 Å². The first-order valence-corrected chi connectivity index (χ1v) is 7.95. The molecule has 114 valence electrons. The third-order valence-corrected chi connectivity index (χ3v) is 4.53. The zero-order valence-electron chi connectivity index (χ0n) is 12.7. The molecule has 1 N–H and O–H groups in total. The molecule has 4 nitrogen and oxygen atoms in total. The van der Waals surface area contributed by atoms with Crippen LogP contribution >= 0.6 is 0 Å². The molecule has 3 rings (SSSR count). The molecule has 2 atom stereocenters. The fourth-order valence-electron chi connectivity index (χ4n) is 3.31. The van der Waals surface area contributed by atoms with Crippen LogP contribution in [0.2, 0.25) is 0 Å². The molecular weight excluding hydrogens is 264 g/mol. The molecule has 0 saturated carbocycles. The van der Waals surface area contributed by atoms with E-state index in [2.05, 4.69) is 23.5 Å². The molecule has 1 fully saturated rings. The Kier molecular flexibility index (Phi) is 4.44. The Morgan fingerprint density at radius 3 is 3.00 bits per heavy atom. The summed E-state index contributed by atoms with van der Waals surface area (Å²) in [4.78, 5) is 14.1. The summed E-state index contributed by atoms with van der Waals surface area (Å²) in [7, 11) is 1.86. The lowest BCUT2D eigenvalue weighted by Gasteiger charge is -2.28. The van der Waals surface area contributed by atoms with Crippen LogP contribution in [0.1, 0.15) is 42.9 Å². The average molecular weight is 288 g/mol. The Labute approximate surface area is 126 Å². The zero-order chi connectivity index (χ0) is 14.7. The number of nitrogens with one attached hydrogen (secondary N) is 1. The predicted molar refractivity (Wildman–Crippen MR) is 82.3 cm³/mol. The number of carbonyl (C=O) groups is 1. The number of fused-ring (bicyclic) bond motifs is 1. The van der Waals surface area contributed by atoms with Crippen LogP contribution in [0.5, 0.6) is 0 Å². The van der Waals surface area contributed by atoms with Crippen molar-refractivity contribution in [3.63, 3.8) is 0 Å². The van der Waals surface area contributed by atoms with Gasteiger partial charge in [-0.2, -0.15) is 0 Å². The van der Waals surface area contributed by atoms with Crippen molar-refractivity contribution in [2.45, 2.75) is 44.2 Å². The molecule has 1 aromatic rings. The van der Waals surface area contributed by atoms with Crippen LogP contribution in [-0.2, 0) is 11.2 Å². The molecule has 0 radical (unpaired) electrons. The normalized spacial score (nSPS) is 24.4. The fraction of sp³-hybridized carbons (Fsp3) is 0.588. The second-order valence-corrected chi connectivity index (χ2v) is 6.11. The maximum Gasteiger partial charge on any atom is 0.317 e. The smallest absolute Gasteiger partial charge is 0.317 e. The van der Waals surface area contributed by atoms with E-state index in [-0.39, 0.29) is 18.2 Å². The maximum atomic E-state index is 12.3. The minimum atomic E-state index is 0.00544. The summed E-state index contributed by atoms with van der Waals surface area (Å²) in [5, 5.41) is 3.16. The number of nitrogens with zero attached hydrogens (tertiary/aromatic N) is 1. The highest BCUT2D eigenvalue weighted by atomic mass is 16.5. The van der Waals surface area contributed by atoms with Gasteiger partial charge in [0.2, 0.25) is 0 Å². The lowest BCUT2D eigenvalue weighted by molar-refractivity contribution is 0.00371. The first-order valence-electron chi connectivity index (χ1n) is 7.95. The minimum absolute atomic E-state index is 0.00544.